The molecule has 0 heterocycles. The number of isocyanates is 4. The van der Waals surface area contributed by atoms with Gasteiger partial charge in [0.25, 0.3) is 0 Å². The normalized spacial score (nSPS) is 8.84. The van der Waals surface area contributed by atoms with Crippen LogP contribution in [0.5, 0.6) is 0 Å². The van der Waals surface area contributed by atoms with E-state index in [1.165, 1.54) is 23.3 Å². The second-order valence-electron chi connectivity index (χ2n) is 7.16. The van der Waals surface area contributed by atoms with Crippen molar-refractivity contribution in [1.29, 1.82) is 10.8 Å². The molecule has 0 radical (unpaired) electrons. The highest BCUT2D eigenvalue weighted by atomic mass is 16.1. The molecule has 0 spiro atoms. The molecule has 4 aromatic carbocycles. The van der Waals surface area contributed by atoms with E-state index >= 15 is 0 Å². The molecule has 8 heteroatoms. The molecule has 0 aromatic heterocycles. The zero-order valence-electron chi connectivity index (χ0n) is 20.3. The third-order valence-electron chi connectivity index (χ3n) is 4.86. The lowest BCUT2D eigenvalue weighted by molar-refractivity contribution is 0.516. The summed E-state index contributed by atoms with van der Waals surface area (Å²) >= 11 is 0. The highest BCUT2D eigenvalue weighted by molar-refractivity contribution is 5.49. The predicted octanol–water partition coefficient (Wildman–Crippen LogP) is 5.64. The lowest BCUT2D eigenvalue weighted by atomic mass is 9.92. The largest absolute Gasteiger partial charge is 0.238 e. The predicted molar refractivity (Wildman–Crippen MR) is 142 cm³/mol. The summed E-state index contributed by atoms with van der Waals surface area (Å²) in [4.78, 5) is 45.7. The third-order valence-corrected chi connectivity index (χ3v) is 4.86. The van der Waals surface area contributed by atoms with E-state index in [1.807, 2.05) is 12.1 Å². The standard InChI is InChI=1S/C15H10N2O2.C13H12.2CHNO/c18-11-16-15(17-12-19,13-7-3-1-4-8-13)14-9-5-2-6-10-14;1-3-7-12(8-4-1)11-13-9-5-2-6-10-13;2*2-1-3/h1-10H;1-10H,11H2;2*2H. The Hall–Kier alpha value is -5.60. The van der Waals surface area contributed by atoms with Gasteiger partial charge < -0.3 is 0 Å². The monoisotopic (exact) mass is 504 g/mol. The molecule has 0 saturated carbocycles. The molecule has 4 aromatic rings. The zero-order valence-corrected chi connectivity index (χ0v) is 20.3. The van der Waals surface area contributed by atoms with Gasteiger partial charge in [-0.05, 0) is 17.5 Å². The summed E-state index contributed by atoms with van der Waals surface area (Å²) in [5.74, 6) is 0. The SMILES string of the molecule is N=C=O.N=C=O.O=C=NC(N=C=O)(c1ccccc1)c1ccccc1.c1ccc(Cc2ccccc2)cc1. The van der Waals surface area contributed by atoms with Crippen molar-refractivity contribution in [3.05, 3.63) is 144 Å². The Morgan fingerprint density at radius 3 is 1.03 bits per heavy atom. The Morgan fingerprint density at radius 2 is 0.763 bits per heavy atom. The number of benzene rings is 4. The van der Waals surface area contributed by atoms with Gasteiger partial charge in [0.15, 0.2) is 0 Å². The molecule has 0 aliphatic carbocycles. The van der Waals surface area contributed by atoms with Crippen molar-refractivity contribution in [1.82, 2.24) is 0 Å². The highest BCUT2D eigenvalue weighted by Crippen LogP contribution is 2.34. The van der Waals surface area contributed by atoms with E-state index in [0.29, 0.717) is 11.1 Å². The number of nitrogens with one attached hydrogen (secondary N) is 2. The quantitative estimate of drug-likeness (QED) is 0.259. The van der Waals surface area contributed by atoms with Crippen molar-refractivity contribution in [2.75, 3.05) is 0 Å². The van der Waals surface area contributed by atoms with Crippen LogP contribution in [0.15, 0.2) is 131 Å². The molecule has 0 unspecified atom stereocenters. The number of nitrogens with zero attached hydrogens (tertiary/aromatic N) is 2. The second kappa shape index (κ2) is 18.7. The van der Waals surface area contributed by atoms with Crippen molar-refractivity contribution < 1.29 is 19.2 Å². The van der Waals surface area contributed by atoms with Gasteiger partial charge in [0.1, 0.15) is 0 Å². The molecule has 0 amide bonds. The van der Waals surface area contributed by atoms with Gasteiger partial charge in [0.05, 0.1) is 0 Å². The van der Waals surface area contributed by atoms with Crippen LogP contribution in [0.1, 0.15) is 22.3 Å². The van der Waals surface area contributed by atoms with Gasteiger partial charge in [-0.1, -0.05) is 121 Å². The van der Waals surface area contributed by atoms with Crippen LogP contribution < -0.4 is 0 Å². The van der Waals surface area contributed by atoms with E-state index in [2.05, 4.69) is 70.6 Å². The topological polar surface area (TPSA) is 141 Å². The molecule has 0 aliphatic heterocycles. The van der Waals surface area contributed by atoms with Crippen LogP contribution in [-0.4, -0.2) is 24.3 Å². The summed E-state index contributed by atoms with van der Waals surface area (Å²) in [5.41, 5.74) is 2.54. The molecule has 8 nitrogen and oxygen atoms in total. The summed E-state index contributed by atoms with van der Waals surface area (Å²) in [6, 6.07) is 38.8. The summed E-state index contributed by atoms with van der Waals surface area (Å²) in [5, 5.41) is 10.8. The molecule has 0 bridgehead atoms. The average molecular weight is 505 g/mol. The van der Waals surface area contributed by atoms with Crippen LogP contribution in [-0.2, 0) is 31.3 Å². The van der Waals surface area contributed by atoms with E-state index in [4.69, 9.17) is 20.4 Å². The van der Waals surface area contributed by atoms with Gasteiger partial charge in [-0.15, -0.1) is 0 Å². The summed E-state index contributed by atoms with van der Waals surface area (Å²) < 4.78 is 0. The average Bonchev–Trinajstić information content (AvgIpc) is 2.96. The Kier molecular flexibility index (Phi) is 15.0. The fourth-order valence-corrected chi connectivity index (χ4v) is 3.35. The molecular weight excluding hydrogens is 480 g/mol. The van der Waals surface area contributed by atoms with Gasteiger partial charge in [-0.25, -0.2) is 30.0 Å². The molecular formula is C30H24N4O4. The molecule has 0 aliphatic rings. The molecule has 2 N–H and O–H groups in total. The lowest BCUT2D eigenvalue weighted by Gasteiger charge is -2.22. The second-order valence-corrected chi connectivity index (χ2v) is 7.16. The van der Waals surface area contributed by atoms with Gasteiger partial charge in [0, 0.05) is 11.1 Å². The van der Waals surface area contributed by atoms with Gasteiger partial charge in [-0.2, -0.15) is 9.98 Å². The molecule has 0 atom stereocenters. The minimum Gasteiger partial charge on any atom is -0.222 e. The van der Waals surface area contributed by atoms with E-state index in [-0.39, 0.29) is 0 Å². The van der Waals surface area contributed by atoms with Crippen LogP contribution >= 0.6 is 0 Å². The van der Waals surface area contributed by atoms with Crippen LogP contribution in [0.2, 0.25) is 0 Å². The van der Waals surface area contributed by atoms with Crippen LogP contribution in [0.25, 0.3) is 0 Å². The maximum absolute atomic E-state index is 10.8. The number of hydrogen-bond donors (Lipinski definition) is 2. The van der Waals surface area contributed by atoms with Gasteiger partial charge in [-0.3, -0.25) is 0 Å². The maximum Gasteiger partial charge on any atom is 0.238 e. The van der Waals surface area contributed by atoms with Crippen molar-refractivity contribution in [3.63, 3.8) is 0 Å². The Morgan fingerprint density at radius 1 is 0.500 bits per heavy atom. The number of carbonyl (C=O) groups excluding carboxylic acids is 4. The number of aliphatic imine (C=N–C) groups is 2. The smallest absolute Gasteiger partial charge is 0.222 e. The van der Waals surface area contributed by atoms with E-state index in [1.54, 1.807) is 48.5 Å². The summed E-state index contributed by atoms with van der Waals surface area (Å²) in [6.45, 7) is 0. The van der Waals surface area contributed by atoms with E-state index < -0.39 is 5.66 Å². The van der Waals surface area contributed by atoms with Gasteiger partial charge in [0.2, 0.25) is 30.0 Å². The highest BCUT2D eigenvalue weighted by Gasteiger charge is 2.34. The Balaban J connectivity index is 0.000000328. The molecule has 4 rings (SSSR count). The first-order valence-corrected chi connectivity index (χ1v) is 11.1. The van der Waals surface area contributed by atoms with Crippen molar-refractivity contribution in [2.45, 2.75) is 12.1 Å². The van der Waals surface area contributed by atoms with Crippen molar-refractivity contribution in [2.24, 2.45) is 9.98 Å². The first-order chi connectivity index (χ1) is 18.6. The minimum atomic E-state index is -1.41. The fraction of sp³-hybridized carbons (Fsp3) is 0.0667. The summed E-state index contributed by atoms with van der Waals surface area (Å²) in [7, 11) is 0. The first-order valence-electron chi connectivity index (χ1n) is 11.1. The molecule has 38 heavy (non-hydrogen) atoms. The third kappa shape index (κ3) is 10.3. The van der Waals surface area contributed by atoms with E-state index in [9.17, 15) is 9.59 Å². The molecule has 0 fully saturated rings. The van der Waals surface area contributed by atoms with Gasteiger partial charge >= 0.3 is 0 Å². The number of rotatable bonds is 6. The molecule has 0 saturated heterocycles. The van der Waals surface area contributed by atoms with Crippen LogP contribution in [0.3, 0.4) is 0 Å². The van der Waals surface area contributed by atoms with Crippen molar-refractivity contribution >= 4 is 24.3 Å². The van der Waals surface area contributed by atoms with Crippen LogP contribution in [0, 0.1) is 10.8 Å². The fourth-order valence-electron chi connectivity index (χ4n) is 3.35. The zero-order chi connectivity index (χ0) is 27.9. The minimum absolute atomic E-state index is 0.605. The summed E-state index contributed by atoms with van der Waals surface area (Å²) in [6.07, 6.45) is 5.51. The van der Waals surface area contributed by atoms with Crippen molar-refractivity contribution in [3.8, 4) is 0 Å². The number of hydrogen-bond acceptors (Lipinski definition) is 8. The van der Waals surface area contributed by atoms with Crippen LogP contribution in [0.4, 0.5) is 0 Å². The molecule has 188 valence electrons. The Labute approximate surface area is 220 Å². The maximum atomic E-state index is 10.8. The lowest BCUT2D eigenvalue weighted by Crippen LogP contribution is -2.22. The van der Waals surface area contributed by atoms with E-state index in [0.717, 1.165) is 18.6 Å². The first kappa shape index (κ1) is 30.4. The Bertz CT molecular complexity index is 1260.